The van der Waals surface area contributed by atoms with E-state index >= 15 is 0 Å². The van der Waals surface area contributed by atoms with Crippen LogP contribution >= 0.6 is 0 Å². The van der Waals surface area contributed by atoms with Crippen LogP contribution in [0.15, 0.2) is 12.3 Å². The number of pyridine rings is 1. The van der Waals surface area contributed by atoms with Crippen molar-refractivity contribution in [2.75, 3.05) is 31.2 Å². The highest BCUT2D eigenvalue weighted by atomic mass is 16.6. The summed E-state index contributed by atoms with van der Waals surface area (Å²) in [4.78, 5) is 15.9. The number of aromatic nitrogens is 1. The number of hydrogen-bond donors (Lipinski definition) is 2. The largest absolute Gasteiger partial charge is 0.395 e. The number of aliphatic hydroxyl groups excluding tert-OH is 2. The fourth-order valence-electron chi connectivity index (χ4n) is 1.45. The van der Waals surface area contributed by atoms with Crippen molar-refractivity contribution in [3.8, 4) is 0 Å². The second-order valence-corrected chi connectivity index (χ2v) is 3.52. The number of rotatable bonds is 6. The molecule has 0 unspecified atom stereocenters. The van der Waals surface area contributed by atoms with Crippen LogP contribution in [0.1, 0.15) is 5.56 Å². The molecular formula is C10H15N3O4. The predicted octanol–water partition coefficient (Wildman–Crippen LogP) is 0.0892. The SMILES string of the molecule is Cc1cnc(N(CCO)CCO)cc1[N+](=O)[O-]. The van der Waals surface area contributed by atoms with E-state index in [0.717, 1.165) is 0 Å². The van der Waals surface area contributed by atoms with Gasteiger partial charge in [-0.1, -0.05) is 0 Å². The predicted molar refractivity (Wildman–Crippen MR) is 62.0 cm³/mol. The van der Waals surface area contributed by atoms with Gasteiger partial charge in [-0.15, -0.1) is 0 Å². The van der Waals surface area contributed by atoms with Crippen LogP contribution in [-0.2, 0) is 0 Å². The average Bonchev–Trinajstić information content (AvgIpc) is 2.29. The van der Waals surface area contributed by atoms with Crippen molar-refractivity contribution < 1.29 is 15.1 Å². The first-order chi connectivity index (χ1) is 8.10. The standard InChI is InChI=1S/C10H15N3O4/c1-8-7-11-10(6-9(8)13(16)17)12(2-4-14)3-5-15/h6-7,14-15H,2-5H2,1H3. The molecule has 0 atom stereocenters. The molecule has 0 spiro atoms. The van der Waals surface area contributed by atoms with E-state index in [-0.39, 0.29) is 32.0 Å². The molecular weight excluding hydrogens is 226 g/mol. The lowest BCUT2D eigenvalue weighted by atomic mass is 10.2. The summed E-state index contributed by atoms with van der Waals surface area (Å²) in [6, 6.07) is 1.35. The van der Waals surface area contributed by atoms with Gasteiger partial charge in [-0.05, 0) is 6.92 Å². The Bertz CT molecular complexity index is 391. The van der Waals surface area contributed by atoms with Gasteiger partial charge < -0.3 is 15.1 Å². The Morgan fingerprint density at radius 3 is 2.47 bits per heavy atom. The lowest BCUT2D eigenvalue weighted by Gasteiger charge is -2.21. The molecule has 0 fully saturated rings. The van der Waals surface area contributed by atoms with Crippen LogP contribution in [-0.4, -0.2) is 46.4 Å². The number of aryl methyl sites for hydroxylation is 1. The number of hydrogen-bond acceptors (Lipinski definition) is 6. The van der Waals surface area contributed by atoms with Gasteiger partial charge in [0.1, 0.15) is 5.82 Å². The Hall–Kier alpha value is -1.73. The number of nitrogens with zero attached hydrogens (tertiary/aromatic N) is 3. The van der Waals surface area contributed by atoms with Gasteiger partial charge >= 0.3 is 0 Å². The van der Waals surface area contributed by atoms with E-state index in [0.29, 0.717) is 11.4 Å². The van der Waals surface area contributed by atoms with Crippen molar-refractivity contribution in [2.24, 2.45) is 0 Å². The van der Waals surface area contributed by atoms with Crippen molar-refractivity contribution in [1.29, 1.82) is 0 Å². The van der Waals surface area contributed by atoms with Gasteiger partial charge in [0.25, 0.3) is 5.69 Å². The average molecular weight is 241 g/mol. The lowest BCUT2D eigenvalue weighted by Crippen LogP contribution is -2.30. The Balaban J connectivity index is 3.03. The summed E-state index contributed by atoms with van der Waals surface area (Å²) in [5, 5.41) is 28.5. The van der Waals surface area contributed by atoms with Gasteiger partial charge in [0, 0.05) is 24.8 Å². The summed E-state index contributed by atoms with van der Waals surface area (Å²) in [6.07, 6.45) is 1.41. The zero-order valence-electron chi connectivity index (χ0n) is 9.54. The highest BCUT2D eigenvalue weighted by molar-refractivity contribution is 5.50. The minimum atomic E-state index is -0.476. The molecule has 7 nitrogen and oxygen atoms in total. The quantitative estimate of drug-likeness (QED) is 0.541. The van der Waals surface area contributed by atoms with E-state index in [2.05, 4.69) is 4.98 Å². The minimum absolute atomic E-state index is 0.0177. The second kappa shape index (κ2) is 6.12. The maximum atomic E-state index is 10.8. The molecule has 0 aliphatic heterocycles. The van der Waals surface area contributed by atoms with Crippen LogP contribution in [0.5, 0.6) is 0 Å². The van der Waals surface area contributed by atoms with Crippen LogP contribution < -0.4 is 4.90 Å². The van der Waals surface area contributed by atoms with Crippen LogP contribution in [0.4, 0.5) is 11.5 Å². The van der Waals surface area contributed by atoms with E-state index in [1.807, 2.05) is 0 Å². The molecule has 0 saturated heterocycles. The fourth-order valence-corrected chi connectivity index (χ4v) is 1.45. The van der Waals surface area contributed by atoms with Crippen molar-refractivity contribution >= 4 is 11.5 Å². The zero-order chi connectivity index (χ0) is 12.8. The molecule has 0 aliphatic rings. The van der Waals surface area contributed by atoms with E-state index in [9.17, 15) is 10.1 Å². The Labute approximate surface area is 98.5 Å². The van der Waals surface area contributed by atoms with Crippen LogP contribution in [0.2, 0.25) is 0 Å². The summed E-state index contributed by atoms with van der Waals surface area (Å²) >= 11 is 0. The molecule has 17 heavy (non-hydrogen) atoms. The van der Waals surface area contributed by atoms with Crippen LogP contribution in [0, 0.1) is 17.0 Å². The van der Waals surface area contributed by atoms with Crippen molar-refractivity contribution in [1.82, 2.24) is 4.98 Å². The van der Waals surface area contributed by atoms with Crippen molar-refractivity contribution in [3.63, 3.8) is 0 Å². The molecule has 1 aromatic rings. The first-order valence-electron chi connectivity index (χ1n) is 5.18. The molecule has 1 rings (SSSR count). The first kappa shape index (κ1) is 13.3. The zero-order valence-corrected chi connectivity index (χ0v) is 9.54. The van der Waals surface area contributed by atoms with Gasteiger partial charge in [-0.25, -0.2) is 4.98 Å². The molecule has 0 bridgehead atoms. The molecule has 0 aromatic carbocycles. The first-order valence-corrected chi connectivity index (χ1v) is 5.18. The van der Waals surface area contributed by atoms with E-state index in [1.165, 1.54) is 12.3 Å². The third-order valence-electron chi connectivity index (χ3n) is 2.32. The van der Waals surface area contributed by atoms with Crippen LogP contribution in [0.3, 0.4) is 0 Å². The van der Waals surface area contributed by atoms with Gasteiger partial charge in [-0.3, -0.25) is 10.1 Å². The summed E-state index contributed by atoms with van der Waals surface area (Å²) in [7, 11) is 0. The molecule has 0 amide bonds. The van der Waals surface area contributed by atoms with E-state index in [4.69, 9.17) is 10.2 Å². The molecule has 1 aromatic heterocycles. The molecule has 1 heterocycles. The molecule has 0 aliphatic carbocycles. The summed E-state index contributed by atoms with van der Waals surface area (Å²) in [5.41, 5.74) is 0.461. The highest BCUT2D eigenvalue weighted by Crippen LogP contribution is 2.22. The lowest BCUT2D eigenvalue weighted by molar-refractivity contribution is -0.385. The monoisotopic (exact) mass is 241 g/mol. The molecule has 94 valence electrons. The normalized spacial score (nSPS) is 10.3. The number of anilines is 1. The minimum Gasteiger partial charge on any atom is -0.395 e. The summed E-state index contributed by atoms with van der Waals surface area (Å²) in [6.45, 7) is 1.94. The molecule has 7 heteroatoms. The fraction of sp³-hybridized carbons (Fsp3) is 0.500. The maximum Gasteiger partial charge on any atom is 0.277 e. The molecule has 2 N–H and O–H groups in total. The Morgan fingerprint density at radius 1 is 1.41 bits per heavy atom. The van der Waals surface area contributed by atoms with Crippen molar-refractivity contribution in [2.45, 2.75) is 6.92 Å². The second-order valence-electron chi connectivity index (χ2n) is 3.52. The smallest absolute Gasteiger partial charge is 0.277 e. The van der Waals surface area contributed by atoms with Gasteiger partial charge in [0.05, 0.1) is 24.2 Å². The summed E-state index contributed by atoms with van der Waals surface area (Å²) < 4.78 is 0. The van der Waals surface area contributed by atoms with Crippen LogP contribution in [0.25, 0.3) is 0 Å². The number of nitro groups is 1. The molecule has 0 radical (unpaired) electrons. The Kier molecular flexibility index (Phi) is 4.80. The molecule has 0 saturated carbocycles. The van der Waals surface area contributed by atoms with Gasteiger partial charge in [-0.2, -0.15) is 0 Å². The van der Waals surface area contributed by atoms with E-state index in [1.54, 1.807) is 11.8 Å². The topological polar surface area (TPSA) is 99.7 Å². The van der Waals surface area contributed by atoms with Gasteiger partial charge in [0.2, 0.25) is 0 Å². The van der Waals surface area contributed by atoms with Crippen molar-refractivity contribution in [3.05, 3.63) is 27.9 Å². The third kappa shape index (κ3) is 3.36. The third-order valence-corrected chi connectivity index (χ3v) is 2.32. The van der Waals surface area contributed by atoms with E-state index < -0.39 is 4.92 Å². The highest BCUT2D eigenvalue weighted by Gasteiger charge is 2.15. The summed E-state index contributed by atoms with van der Waals surface area (Å²) in [5.74, 6) is 0.380. The Morgan fingerprint density at radius 2 is 2.00 bits per heavy atom. The number of aliphatic hydroxyl groups is 2. The maximum absolute atomic E-state index is 10.8. The van der Waals surface area contributed by atoms with Gasteiger partial charge in [0.15, 0.2) is 0 Å².